The van der Waals surface area contributed by atoms with Crippen molar-refractivity contribution in [1.82, 2.24) is 5.32 Å². The van der Waals surface area contributed by atoms with E-state index >= 15 is 0 Å². The summed E-state index contributed by atoms with van der Waals surface area (Å²) in [5.74, 6) is 0.179. The summed E-state index contributed by atoms with van der Waals surface area (Å²) in [6, 6.07) is 7.78. The fourth-order valence-electron chi connectivity index (χ4n) is 2.64. The van der Waals surface area contributed by atoms with E-state index in [-0.39, 0.29) is 36.3 Å². The van der Waals surface area contributed by atoms with E-state index in [1.807, 2.05) is 43.0 Å². The number of rotatable bonds is 6. The standard InChI is InChI=1S/C17H25N3O2.ClH/c1-12(18)8-9-16(21)19-13(2)14-5-3-6-15(11-14)20-10-4-7-17(20)22;/h3,5-6,11-13H,4,7-10,18H2,1-2H3,(H,19,21);1H. The van der Waals surface area contributed by atoms with Crippen LogP contribution in [-0.4, -0.2) is 24.4 Å². The maximum Gasteiger partial charge on any atom is 0.227 e. The van der Waals surface area contributed by atoms with Crippen molar-refractivity contribution in [3.05, 3.63) is 29.8 Å². The molecule has 23 heavy (non-hydrogen) atoms. The summed E-state index contributed by atoms with van der Waals surface area (Å²) >= 11 is 0. The van der Waals surface area contributed by atoms with Gasteiger partial charge in [0.2, 0.25) is 11.8 Å². The number of amides is 2. The zero-order chi connectivity index (χ0) is 16.1. The Morgan fingerprint density at radius 3 is 2.74 bits per heavy atom. The number of hydrogen-bond donors (Lipinski definition) is 2. The molecule has 1 aliphatic rings. The van der Waals surface area contributed by atoms with Crippen LogP contribution in [0.1, 0.15) is 51.1 Å². The van der Waals surface area contributed by atoms with Crippen LogP contribution in [0.25, 0.3) is 0 Å². The topological polar surface area (TPSA) is 75.4 Å². The summed E-state index contributed by atoms with van der Waals surface area (Å²) in [7, 11) is 0. The molecule has 128 valence electrons. The summed E-state index contributed by atoms with van der Waals surface area (Å²) < 4.78 is 0. The highest BCUT2D eigenvalue weighted by Crippen LogP contribution is 2.24. The molecule has 3 N–H and O–H groups in total. The number of benzene rings is 1. The Morgan fingerprint density at radius 1 is 1.39 bits per heavy atom. The molecule has 0 bridgehead atoms. The molecule has 1 aromatic carbocycles. The Hall–Kier alpha value is -1.59. The van der Waals surface area contributed by atoms with Crippen molar-refractivity contribution in [3.63, 3.8) is 0 Å². The van der Waals surface area contributed by atoms with Gasteiger partial charge in [-0.25, -0.2) is 0 Å². The highest BCUT2D eigenvalue weighted by Gasteiger charge is 2.22. The lowest BCUT2D eigenvalue weighted by molar-refractivity contribution is -0.122. The summed E-state index contributed by atoms with van der Waals surface area (Å²) in [4.78, 5) is 25.5. The first-order valence-electron chi connectivity index (χ1n) is 7.92. The molecule has 0 aliphatic carbocycles. The average Bonchev–Trinajstić information content (AvgIpc) is 2.91. The van der Waals surface area contributed by atoms with E-state index in [1.54, 1.807) is 0 Å². The monoisotopic (exact) mass is 339 g/mol. The van der Waals surface area contributed by atoms with Crippen LogP contribution in [0.5, 0.6) is 0 Å². The Kier molecular flexibility index (Phi) is 7.52. The number of nitrogens with one attached hydrogen (secondary N) is 1. The van der Waals surface area contributed by atoms with E-state index in [2.05, 4.69) is 5.32 Å². The first-order valence-corrected chi connectivity index (χ1v) is 7.92. The predicted molar refractivity (Wildman–Crippen MR) is 94.7 cm³/mol. The van der Waals surface area contributed by atoms with Crippen LogP contribution in [0.3, 0.4) is 0 Å². The van der Waals surface area contributed by atoms with Gasteiger partial charge in [-0.3, -0.25) is 9.59 Å². The Balaban J connectivity index is 0.00000264. The lowest BCUT2D eigenvalue weighted by atomic mass is 10.1. The number of carbonyl (C=O) groups excluding carboxylic acids is 2. The van der Waals surface area contributed by atoms with Gasteiger partial charge < -0.3 is 16.0 Å². The molecule has 1 fully saturated rings. The van der Waals surface area contributed by atoms with Crippen LogP contribution >= 0.6 is 12.4 Å². The molecule has 0 radical (unpaired) electrons. The van der Waals surface area contributed by atoms with Gasteiger partial charge in [0.25, 0.3) is 0 Å². The van der Waals surface area contributed by atoms with E-state index in [9.17, 15) is 9.59 Å². The molecule has 0 aromatic heterocycles. The molecule has 5 nitrogen and oxygen atoms in total. The molecule has 1 aliphatic heterocycles. The van der Waals surface area contributed by atoms with Gasteiger partial charge in [0.05, 0.1) is 6.04 Å². The van der Waals surface area contributed by atoms with Gasteiger partial charge in [-0.2, -0.15) is 0 Å². The van der Waals surface area contributed by atoms with Crippen molar-refractivity contribution in [1.29, 1.82) is 0 Å². The maximum absolute atomic E-state index is 11.9. The normalized spacial score (nSPS) is 16.7. The van der Waals surface area contributed by atoms with Gasteiger partial charge in [-0.15, -0.1) is 12.4 Å². The van der Waals surface area contributed by atoms with Crippen LogP contribution in [0.2, 0.25) is 0 Å². The SMILES string of the molecule is CC(N)CCC(=O)NC(C)c1cccc(N2CCCC2=O)c1.Cl. The van der Waals surface area contributed by atoms with Crippen LogP contribution in [0.15, 0.2) is 24.3 Å². The van der Waals surface area contributed by atoms with Crippen LogP contribution in [0, 0.1) is 0 Å². The number of anilines is 1. The zero-order valence-corrected chi connectivity index (χ0v) is 14.6. The van der Waals surface area contributed by atoms with Crippen molar-refractivity contribution in [2.24, 2.45) is 5.73 Å². The van der Waals surface area contributed by atoms with Crippen molar-refractivity contribution in [3.8, 4) is 0 Å². The fourth-order valence-corrected chi connectivity index (χ4v) is 2.64. The summed E-state index contributed by atoms with van der Waals surface area (Å²) in [5, 5.41) is 2.98. The molecule has 2 unspecified atom stereocenters. The van der Waals surface area contributed by atoms with E-state index in [1.165, 1.54) is 0 Å². The Labute approximate surface area is 144 Å². The van der Waals surface area contributed by atoms with Crippen LogP contribution < -0.4 is 16.0 Å². The van der Waals surface area contributed by atoms with Crippen molar-refractivity contribution in [2.45, 2.75) is 51.6 Å². The second-order valence-electron chi connectivity index (χ2n) is 6.05. The van der Waals surface area contributed by atoms with E-state index in [0.29, 0.717) is 19.3 Å². The molecule has 0 spiro atoms. The van der Waals surface area contributed by atoms with Gasteiger partial charge in [0.15, 0.2) is 0 Å². The summed E-state index contributed by atoms with van der Waals surface area (Å²) in [6.45, 7) is 4.62. The van der Waals surface area contributed by atoms with E-state index in [4.69, 9.17) is 5.73 Å². The summed E-state index contributed by atoms with van der Waals surface area (Å²) in [5.41, 5.74) is 7.59. The lowest BCUT2D eigenvalue weighted by Crippen LogP contribution is -2.28. The first kappa shape index (κ1) is 19.5. The van der Waals surface area contributed by atoms with Gasteiger partial charge >= 0.3 is 0 Å². The van der Waals surface area contributed by atoms with Gasteiger partial charge in [-0.1, -0.05) is 12.1 Å². The number of carbonyl (C=O) groups is 2. The lowest BCUT2D eigenvalue weighted by Gasteiger charge is -2.19. The van der Waals surface area contributed by atoms with E-state index < -0.39 is 0 Å². The molecule has 2 rings (SSSR count). The molecule has 1 aromatic rings. The minimum Gasteiger partial charge on any atom is -0.350 e. The number of nitrogens with two attached hydrogens (primary N) is 1. The Morgan fingerprint density at radius 2 is 2.13 bits per heavy atom. The number of nitrogens with zero attached hydrogens (tertiary/aromatic N) is 1. The van der Waals surface area contributed by atoms with Crippen molar-refractivity contribution >= 4 is 29.9 Å². The molecular formula is C17H26ClN3O2. The zero-order valence-electron chi connectivity index (χ0n) is 13.7. The molecular weight excluding hydrogens is 314 g/mol. The quantitative estimate of drug-likeness (QED) is 0.836. The average molecular weight is 340 g/mol. The summed E-state index contributed by atoms with van der Waals surface area (Å²) in [6.07, 6.45) is 2.65. The van der Waals surface area contributed by atoms with Crippen LogP contribution in [0.4, 0.5) is 5.69 Å². The fraction of sp³-hybridized carbons (Fsp3) is 0.529. The Bertz CT molecular complexity index is 548. The van der Waals surface area contributed by atoms with Gasteiger partial charge in [-0.05, 0) is 44.4 Å². The smallest absolute Gasteiger partial charge is 0.227 e. The molecule has 1 heterocycles. The molecule has 2 amide bonds. The third-order valence-electron chi connectivity index (χ3n) is 3.96. The maximum atomic E-state index is 11.9. The number of halogens is 1. The predicted octanol–water partition coefficient (Wildman–Crippen LogP) is 2.54. The van der Waals surface area contributed by atoms with Crippen molar-refractivity contribution < 1.29 is 9.59 Å². The van der Waals surface area contributed by atoms with Gasteiger partial charge in [0.1, 0.15) is 0 Å². The molecule has 6 heteroatoms. The molecule has 0 saturated carbocycles. The minimum atomic E-state index is -0.0850. The molecule has 2 atom stereocenters. The second-order valence-corrected chi connectivity index (χ2v) is 6.05. The molecule has 1 saturated heterocycles. The van der Waals surface area contributed by atoms with E-state index in [0.717, 1.165) is 24.2 Å². The third kappa shape index (κ3) is 5.52. The third-order valence-corrected chi connectivity index (χ3v) is 3.96. The highest BCUT2D eigenvalue weighted by molar-refractivity contribution is 5.95. The number of hydrogen-bond acceptors (Lipinski definition) is 3. The van der Waals surface area contributed by atoms with Crippen LogP contribution in [-0.2, 0) is 9.59 Å². The highest BCUT2D eigenvalue weighted by atomic mass is 35.5. The minimum absolute atomic E-state index is 0. The largest absolute Gasteiger partial charge is 0.350 e. The second kappa shape index (κ2) is 8.89. The van der Waals surface area contributed by atoms with Gasteiger partial charge in [0, 0.05) is 31.1 Å². The van der Waals surface area contributed by atoms with Crippen molar-refractivity contribution in [2.75, 3.05) is 11.4 Å². The first-order chi connectivity index (χ1) is 10.5.